The lowest BCUT2D eigenvalue weighted by atomic mass is 10.2. The normalized spacial score (nSPS) is 12.4. The van der Waals surface area contributed by atoms with E-state index >= 15 is 0 Å². The van der Waals surface area contributed by atoms with Crippen molar-refractivity contribution in [2.24, 2.45) is 0 Å². The number of aromatic nitrogens is 2. The Bertz CT molecular complexity index is 1420. The molecule has 2 heterocycles. The summed E-state index contributed by atoms with van der Waals surface area (Å²) in [7, 11) is -3.81. The van der Waals surface area contributed by atoms with Gasteiger partial charge >= 0.3 is 7.82 Å². The number of nitrogens with zero attached hydrogens (tertiary/aromatic N) is 2. The Balaban J connectivity index is 2.17. The van der Waals surface area contributed by atoms with Crippen molar-refractivity contribution in [1.82, 2.24) is 14.9 Å². The Morgan fingerprint density at radius 1 is 1.16 bits per heavy atom. The molecule has 3 aromatic rings. The van der Waals surface area contributed by atoms with Gasteiger partial charge in [0, 0.05) is 30.9 Å². The van der Waals surface area contributed by atoms with Gasteiger partial charge in [0.25, 0.3) is 5.91 Å². The second-order valence-corrected chi connectivity index (χ2v) is 9.85. The summed E-state index contributed by atoms with van der Waals surface area (Å²) in [6, 6.07) is 4.21. The molecule has 0 bridgehead atoms. The predicted octanol–water partition coefficient (Wildman–Crippen LogP) is 2.63. The van der Waals surface area contributed by atoms with Crippen molar-refractivity contribution in [2.75, 3.05) is 26.9 Å². The first-order valence-corrected chi connectivity index (χ1v) is 13.1. The second-order valence-electron chi connectivity index (χ2n) is 7.44. The Hall–Kier alpha value is -2.41. The number of fused-ring (bicyclic) bond motifs is 1. The van der Waals surface area contributed by atoms with E-state index in [2.05, 4.69) is 14.8 Å². The monoisotopic (exact) mass is 595 g/mol. The van der Waals surface area contributed by atoms with Crippen LogP contribution in [0.1, 0.15) is 5.69 Å². The number of aliphatic hydroxyl groups is 1. The highest BCUT2D eigenvalue weighted by molar-refractivity contribution is 7.46. The number of phosphoric acid groups is 1. The minimum atomic E-state index is -5.05. The van der Waals surface area contributed by atoms with Gasteiger partial charge in [-0.1, -0.05) is 34.8 Å². The first kappa shape index (κ1) is 29.2. The summed E-state index contributed by atoms with van der Waals surface area (Å²) in [6.45, 7) is 0.732. The fraction of sp³-hybridized carbons (Fsp3) is 0.286. The first-order valence-electron chi connectivity index (χ1n) is 10.4. The van der Waals surface area contributed by atoms with Crippen molar-refractivity contribution < 1.29 is 38.3 Å². The highest BCUT2D eigenvalue weighted by atomic mass is 35.5. The molecule has 0 aliphatic heterocycles. The first-order chi connectivity index (χ1) is 17.4. The molecule has 0 spiro atoms. The summed E-state index contributed by atoms with van der Waals surface area (Å²) in [4.78, 5) is 47.3. The molecule has 16 heteroatoms. The smallest absolute Gasteiger partial charge is 0.470 e. The molecule has 1 unspecified atom stereocenters. The number of carbonyl (C=O) groups excluding carboxylic acids is 1. The van der Waals surface area contributed by atoms with E-state index in [4.69, 9.17) is 59.2 Å². The average molecular weight is 597 g/mol. The number of halogens is 3. The van der Waals surface area contributed by atoms with Crippen molar-refractivity contribution in [2.45, 2.75) is 13.0 Å². The van der Waals surface area contributed by atoms with Crippen LogP contribution in [0.5, 0.6) is 11.6 Å². The zero-order chi connectivity index (χ0) is 27.5. The van der Waals surface area contributed by atoms with E-state index in [0.717, 1.165) is 0 Å². The summed E-state index contributed by atoms with van der Waals surface area (Å²) in [6.07, 6.45) is -0.533. The van der Waals surface area contributed by atoms with E-state index < -0.39 is 31.9 Å². The van der Waals surface area contributed by atoms with Crippen LogP contribution in [0, 0.1) is 6.92 Å². The molecule has 0 saturated carbocycles. The van der Waals surface area contributed by atoms with Gasteiger partial charge in [0.15, 0.2) is 11.5 Å². The number of ether oxygens (including phenoxy) is 2. The van der Waals surface area contributed by atoms with E-state index in [1.807, 2.05) is 0 Å². The number of hydrogen-bond donors (Lipinski definition) is 4. The molecule has 1 amide bonds. The molecule has 0 saturated heterocycles. The molecule has 1 aromatic carbocycles. The Kier molecular flexibility index (Phi) is 9.43. The van der Waals surface area contributed by atoms with Gasteiger partial charge in [-0.3, -0.25) is 14.1 Å². The van der Waals surface area contributed by atoms with Gasteiger partial charge in [-0.15, -0.1) is 0 Å². The number of carbonyl (C=O) groups is 1. The van der Waals surface area contributed by atoms with Gasteiger partial charge in [0.05, 0.1) is 39.1 Å². The zero-order valence-corrected chi connectivity index (χ0v) is 22.4. The standard InChI is InChI=1S/C21H21Cl3N3O9P/c1-10-5-15(29)17-19(27(10)18-12(22)6-11(7-13(18)23)34-4-3-28)14(24)8-26-21(17)35-9-16(20(30)25-2)36-37(31,32)33/h5-8,16,28H,3-4,9H2,1-2H3,(H,25,30)(H2,31,32,33). The Labute approximate surface area is 224 Å². The van der Waals surface area contributed by atoms with E-state index in [1.165, 1.54) is 36.0 Å². The van der Waals surface area contributed by atoms with Gasteiger partial charge < -0.3 is 34.3 Å². The van der Waals surface area contributed by atoms with E-state index in [1.54, 1.807) is 6.92 Å². The molecule has 3 rings (SSSR count). The molecule has 200 valence electrons. The number of rotatable bonds is 10. The van der Waals surface area contributed by atoms with Crippen molar-refractivity contribution in [3.63, 3.8) is 0 Å². The molecule has 0 aliphatic carbocycles. The number of hydrogen-bond acceptors (Lipinski definition) is 8. The second kappa shape index (κ2) is 12.0. The number of amides is 1. The number of aliphatic hydroxyl groups excluding tert-OH is 1. The molecule has 2 aromatic heterocycles. The van der Waals surface area contributed by atoms with Gasteiger partial charge in [0.1, 0.15) is 24.3 Å². The highest BCUT2D eigenvalue weighted by Crippen LogP contribution is 2.39. The maximum absolute atomic E-state index is 13.0. The van der Waals surface area contributed by atoms with Crippen LogP contribution in [0.2, 0.25) is 15.1 Å². The van der Waals surface area contributed by atoms with Crippen LogP contribution in [0.4, 0.5) is 0 Å². The molecule has 0 fully saturated rings. The van der Waals surface area contributed by atoms with Crippen LogP contribution in [-0.2, 0) is 13.9 Å². The molecule has 12 nitrogen and oxygen atoms in total. The maximum Gasteiger partial charge on any atom is 0.470 e. The van der Waals surface area contributed by atoms with E-state index in [-0.39, 0.29) is 50.8 Å². The number of aryl methyl sites for hydroxylation is 1. The number of pyridine rings is 2. The predicted molar refractivity (Wildman–Crippen MR) is 136 cm³/mol. The van der Waals surface area contributed by atoms with E-state index in [0.29, 0.717) is 11.4 Å². The SMILES string of the molecule is CNC(=O)C(COc1ncc(Cl)c2c1c(=O)cc(C)n2-c1c(Cl)cc(OCCO)cc1Cl)OP(=O)(O)O. The van der Waals surface area contributed by atoms with Crippen molar-refractivity contribution >= 4 is 59.4 Å². The molecule has 0 radical (unpaired) electrons. The minimum absolute atomic E-state index is 0.0208. The third-order valence-electron chi connectivity index (χ3n) is 4.88. The van der Waals surface area contributed by atoms with Crippen LogP contribution in [0.25, 0.3) is 16.6 Å². The van der Waals surface area contributed by atoms with Crippen molar-refractivity contribution in [3.8, 4) is 17.3 Å². The van der Waals surface area contributed by atoms with Gasteiger partial charge in [-0.2, -0.15) is 0 Å². The molecule has 1 atom stereocenters. The largest absolute Gasteiger partial charge is 0.491 e. The quantitative estimate of drug-likeness (QED) is 0.255. The summed E-state index contributed by atoms with van der Waals surface area (Å²) in [5.41, 5.74) is 0.236. The number of likely N-dealkylation sites (N-methyl/N-ethyl adjacent to an activating group) is 1. The van der Waals surface area contributed by atoms with Gasteiger partial charge in [-0.05, 0) is 6.92 Å². The lowest BCUT2D eigenvalue weighted by Gasteiger charge is -2.21. The highest BCUT2D eigenvalue weighted by Gasteiger charge is 2.29. The summed E-state index contributed by atoms with van der Waals surface area (Å²) in [5, 5.41) is 11.4. The third-order valence-corrected chi connectivity index (χ3v) is 6.27. The lowest BCUT2D eigenvalue weighted by Crippen LogP contribution is -2.38. The molecule has 0 aliphatic rings. The fourth-order valence-electron chi connectivity index (χ4n) is 3.44. The maximum atomic E-state index is 13.0. The van der Waals surface area contributed by atoms with Gasteiger partial charge in [0.2, 0.25) is 5.88 Å². The van der Waals surface area contributed by atoms with Crippen LogP contribution >= 0.6 is 42.6 Å². The molecule has 4 N–H and O–H groups in total. The van der Waals surface area contributed by atoms with E-state index in [9.17, 15) is 14.2 Å². The van der Waals surface area contributed by atoms with Crippen LogP contribution in [0.15, 0.2) is 29.2 Å². The van der Waals surface area contributed by atoms with Crippen molar-refractivity contribution in [3.05, 3.63) is 55.4 Å². The summed E-state index contributed by atoms with van der Waals surface area (Å²) < 4.78 is 28.2. The van der Waals surface area contributed by atoms with Crippen LogP contribution < -0.4 is 20.2 Å². The van der Waals surface area contributed by atoms with Crippen LogP contribution in [-0.4, -0.2) is 63.3 Å². The fourth-order valence-corrected chi connectivity index (χ4v) is 4.79. The third kappa shape index (κ3) is 6.73. The topological polar surface area (TPSA) is 169 Å². The zero-order valence-electron chi connectivity index (χ0n) is 19.3. The number of nitrogens with one attached hydrogen (secondary N) is 1. The molecule has 37 heavy (non-hydrogen) atoms. The number of benzene rings is 1. The minimum Gasteiger partial charge on any atom is -0.491 e. The average Bonchev–Trinajstić information content (AvgIpc) is 2.81. The Morgan fingerprint density at radius 2 is 1.81 bits per heavy atom. The van der Waals surface area contributed by atoms with Gasteiger partial charge in [-0.25, -0.2) is 9.55 Å². The lowest BCUT2D eigenvalue weighted by molar-refractivity contribution is -0.129. The summed E-state index contributed by atoms with van der Waals surface area (Å²) >= 11 is 19.5. The number of phosphoric ester groups is 1. The van der Waals surface area contributed by atoms with Crippen molar-refractivity contribution in [1.29, 1.82) is 0 Å². The molecular formula is C21H21Cl3N3O9P. The van der Waals surface area contributed by atoms with Crippen LogP contribution in [0.3, 0.4) is 0 Å². The summed E-state index contributed by atoms with van der Waals surface area (Å²) in [5.74, 6) is -0.855. The Morgan fingerprint density at radius 3 is 2.38 bits per heavy atom. The molecular weight excluding hydrogens is 576 g/mol.